The van der Waals surface area contributed by atoms with Gasteiger partial charge in [0.2, 0.25) is 0 Å². The van der Waals surface area contributed by atoms with Crippen LogP contribution in [0.2, 0.25) is 0 Å². The Bertz CT molecular complexity index is 198. The van der Waals surface area contributed by atoms with Gasteiger partial charge in [-0.3, -0.25) is 0 Å². The fraction of sp³-hybridized carbons (Fsp3) is 0.250. The summed E-state index contributed by atoms with van der Waals surface area (Å²) in [5.41, 5.74) is 2.66. The first-order valence-corrected chi connectivity index (χ1v) is 3.97. The van der Waals surface area contributed by atoms with Gasteiger partial charge < -0.3 is 7.75 Å². The summed E-state index contributed by atoms with van der Waals surface area (Å²) in [6.07, 6.45) is 0. The number of benzene rings is 1. The predicted octanol–water partition coefficient (Wildman–Crippen LogP) is 2.33. The molecule has 0 fully saturated rings. The average molecular weight is 196 g/mol. The monoisotopic (exact) mass is 196 g/mol. The zero-order valence-electron chi connectivity index (χ0n) is 9.32. The van der Waals surface area contributed by atoms with E-state index in [4.69, 9.17) is 9.46 Å². The molecule has 0 radical (unpaired) electrons. The summed E-state index contributed by atoms with van der Waals surface area (Å²) < 4.78 is 8.46. The van der Waals surface area contributed by atoms with Gasteiger partial charge in [0.25, 0.3) is 0 Å². The first-order valence-electron chi connectivity index (χ1n) is 3.20. The van der Waals surface area contributed by atoms with Crippen molar-refractivity contribution in [2.45, 2.75) is 13.8 Å². The average Bonchev–Trinajstić information content (AvgIpc) is 1.97. The van der Waals surface area contributed by atoms with Crippen LogP contribution in [-0.2, 0) is 4.57 Å². The summed E-state index contributed by atoms with van der Waals surface area (Å²) in [4.78, 5) is 6.99. The molecule has 0 unspecified atom stereocenters. The van der Waals surface area contributed by atoms with Crippen molar-refractivity contribution in [1.82, 2.24) is 0 Å². The standard InChI is InChI=1S/C8H10.Mg.HO2P.2H/c1-7-3-5-8(2)6-4-7;;1-3-2;;/h3-6H,1-2H3;;(H,1,2);;/q;+2;;2*-1. The van der Waals surface area contributed by atoms with Gasteiger partial charge in [-0.25, -0.2) is 4.57 Å². The van der Waals surface area contributed by atoms with E-state index < -0.39 is 8.69 Å². The van der Waals surface area contributed by atoms with Crippen molar-refractivity contribution >= 4 is 31.7 Å². The second-order valence-corrected chi connectivity index (χ2v) is 2.40. The van der Waals surface area contributed by atoms with Crippen LogP contribution in [0.25, 0.3) is 0 Å². The second kappa shape index (κ2) is 9.14. The van der Waals surface area contributed by atoms with Crippen molar-refractivity contribution in [3.8, 4) is 0 Å². The molecule has 12 heavy (non-hydrogen) atoms. The fourth-order valence-electron chi connectivity index (χ4n) is 0.637. The smallest absolute Gasteiger partial charge is 1.00 e. The van der Waals surface area contributed by atoms with Crippen LogP contribution in [0.3, 0.4) is 0 Å². The summed E-state index contributed by atoms with van der Waals surface area (Å²) in [6.45, 7) is 4.19. The minimum Gasteiger partial charge on any atom is -1.00 e. The van der Waals surface area contributed by atoms with Crippen LogP contribution >= 0.6 is 8.69 Å². The summed E-state index contributed by atoms with van der Waals surface area (Å²) in [6, 6.07) is 8.48. The molecule has 0 atom stereocenters. The van der Waals surface area contributed by atoms with Crippen molar-refractivity contribution < 1.29 is 12.3 Å². The number of hydrogen-bond donors (Lipinski definition) is 1. The van der Waals surface area contributed by atoms with Crippen LogP contribution in [-0.4, -0.2) is 27.9 Å². The van der Waals surface area contributed by atoms with Crippen molar-refractivity contribution in [3.63, 3.8) is 0 Å². The van der Waals surface area contributed by atoms with Crippen LogP contribution in [0.15, 0.2) is 24.3 Å². The van der Waals surface area contributed by atoms with E-state index in [2.05, 4.69) is 38.1 Å². The topological polar surface area (TPSA) is 37.3 Å². The molecule has 0 heterocycles. The van der Waals surface area contributed by atoms with Gasteiger partial charge in [0.15, 0.2) is 0 Å². The van der Waals surface area contributed by atoms with Crippen molar-refractivity contribution in [3.05, 3.63) is 35.4 Å². The number of rotatable bonds is 0. The molecule has 0 amide bonds. The largest absolute Gasteiger partial charge is 2.00 e. The third-order valence-electron chi connectivity index (χ3n) is 1.22. The second-order valence-electron chi connectivity index (χ2n) is 2.24. The first-order chi connectivity index (χ1) is 5.20. The molecule has 0 aliphatic rings. The van der Waals surface area contributed by atoms with Gasteiger partial charge in [-0.05, 0) is 13.8 Å². The molecule has 64 valence electrons. The van der Waals surface area contributed by atoms with Gasteiger partial charge >= 0.3 is 31.7 Å². The van der Waals surface area contributed by atoms with Gasteiger partial charge in [0.05, 0.1) is 0 Å². The molecule has 0 spiro atoms. The van der Waals surface area contributed by atoms with E-state index in [0.717, 1.165) is 0 Å². The van der Waals surface area contributed by atoms with Crippen LogP contribution in [0, 0.1) is 13.8 Å². The molecule has 0 aromatic heterocycles. The van der Waals surface area contributed by atoms with Crippen LogP contribution in [0.5, 0.6) is 0 Å². The van der Waals surface area contributed by atoms with E-state index in [-0.39, 0.29) is 25.9 Å². The first kappa shape index (κ1) is 14.6. The van der Waals surface area contributed by atoms with E-state index in [0.29, 0.717) is 0 Å². The maximum Gasteiger partial charge on any atom is 2.00 e. The summed E-state index contributed by atoms with van der Waals surface area (Å²) in [5, 5.41) is 0. The maximum atomic E-state index is 8.46. The minimum absolute atomic E-state index is 0. The Balaban J connectivity index is -0.0000000758. The molecule has 0 aliphatic carbocycles. The van der Waals surface area contributed by atoms with Gasteiger partial charge in [-0.15, -0.1) is 0 Å². The SMILES string of the molecule is Cc1ccc(C)cc1.O=PO.[H-].[H-].[Mg+2]. The molecule has 1 rings (SSSR count). The van der Waals surface area contributed by atoms with E-state index in [1.54, 1.807) is 0 Å². The zero-order valence-corrected chi connectivity index (χ0v) is 9.63. The Morgan fingerprint density at radius 3 is 1.50 bits per heavy atom. The van der Waals surface area contributed by atoms with E-state index in [9.17, 15) is 0 Å². The zero-order chi connectivity index (χ0) is 8.69. The Labute approximate surface area is 93.4 Å². The van der Waals surface area contributed by atoms with Gasteiger partial charge in [-0.1, -0.05) is 35.4 Å². The Kier molecular flexibility index (Phi) is 11.1. The van der Waals surface area contributed by atoms with Crippen molar-refractivity contribution in [2.75, 3.05) is 0 Å². The van der Waals surface area contributed by atoms with Crippen LogP contribution in [0.4, 0.5) is 0 Å². The van der Waals surface area contributed by atoms with Gasteiger partial charge in [0.1, 0.15) is 0 Å². The molecular weight excluding hydrogens is 183 g/mol. The van der Waals surface area contributed by atoms with E-state index in [1.807, 2.05) is 0 Å². The molecule has 1 N–H and O–H groups in total. The third-order valence-corrected chi connectivity index (χ3v) is 1.22. The molecule has 2 nitrogen and oxygen atoms in total. The Hall–Kier alpha value is 0.0462. The molecule has 0 saturated heterocycles. The maximum absolute atomic E-state index is 8.46. The van der Waals surface area contributed by atoms with Gasteiger partial charge in [0, 0.05) is 0 Å². The summed E-state index contributed by atoms with van der Waals surface area (Å²) in [5.74, 6) is 0. The molecule has 0 saturated carbocycles. The molecular formula is C8H13MgO2P. The van der Waals surface area contributed by atoms with E-state index in [1.165, 1.54) is 11.1 Å². The molecule has 0 bridgehead atoms. The van der Waals surface area contributed by atoms with Crippen molar-refractivity contribution in [1.29, 1.82) is 0 Å². The quantitative estimate of drug-likeness (QED) is 0.511. The molecule has 4 heteroatoms. The number of aryl methyl sites for hydroxylation is 2. The normalized spacial score (nSPS) is 7.92. The van der Waals surface area contributed by atoms with Crippen LogP contribution in [0.1, 0.15) is 14.0 Å². The third kappa shape index (κ3) is 8.15. The Morgan fingerprint density at radius 2 is 1.33 bits per heavy atom. The van der Waals surface area contributed by atoms with Crippen molar-refractivity contribution in [2.24, 2.45) is 0 Å². The molecule has 1 aromatic carbocycles. The van der Waals surface area contributed by atoms with Crippen LogP contribution < -0.4 is 0 Å². The molecule has 0 aliphatic heterocycles. The predicted molar refractivity (Wildman–Crippen MR) is 53.7 cm³/mol. The Morgan fingerprint density at radius 1 is 1.17 bits per heavy atom. The molecule has 1 aromatic rings. The van der Waals surface area contributed by atoms with Gasteiger partial charge in [-0.2, -0.15) is 0 Å². The number of hydrogen-bond acceptors (Lipinski definition) is 1. The fourth-order valence-corrected chi connectivity index (χ4v) is 0.637. The minimum atomic E-state index is -0.833. The van der Waals surface area contributed by atoms with E-state index >= 15 is 0 Å². The summed E-state index contributed by atoms with van der Waals surface area (Å²) >= 11 is 0. The summed E-state index contributed by atoms with van der Waals surface area (Å²) in [7, 11) is -0.833.